The maximum Gasteiger partial charge on any atom is 0.317 e. The van der Waals surface area contributed by atoms with Crippen molar-refractivity contribution in [2.75, 3.05) is 26.3 Å². The zero-order valence-electron chi connectivity index (χ0n) is 10.6. The molecule has 0 saturated carbocycles. The van der Waals surface area contributed by atoms with Gasteiger partial charge in [0.2, 0.25) is 0 Å². The van der Waals surface area contributed by atoms with Crippen LogP contribution in [0, 0.1) is 5.41 Å². The summed E-state index contributed by atoms with van der Waals surface area (Å²) in [6.07, 6.45) is 1.88. The monoisotopic (exact) mass is 256 g/mol. The standard InChI is InChI=1S/C12H20N2O4/c1-12(10(15)16)3-5-14(6-4-12)11(17)13-9-2-7-18-8-9/h9H,2-8H2,1H3,(H,13,17)(H,15,16). The first-order valence-corrected chi connectivity index (χ1v) is 6.38. The number of amides is 2. The molecule has 102 valence electrons. The summed E-state index contributed by atoms with van der Waals surface area (Å²) in [5.41, 5.74) is -0.687. The van der Waals surface area contributed by atoms with Crippen molar-refractivity contribution >= 4 is 12.0 Å². The van der Waals surface area contributed by atoms with Gasteiger partial charge in [0.25, 0.3) is 0 Å². The van der Waals surface area contributed by atoms with Gasteiger partial charge >= 0.3 is 12.0 Å². The van der Waals surface area contributed by atoms with Gasteiger partial charge in [0.15, 0.2) is 0 Å². The van der Waals surface area contributed by atoms with Crippen LogP contribution in [0.25, 0.3) is 0 Å². The molecule has 0 aromatic rings. The maximum atomic E-state index is 11.9. The quantitative estimate of drug-likeness (QED) is 0.761. The lowest BCUT2D eigenvalue weighted by atomic mass is 9.80. The summed E-state index contributed by atoms with van der Waals surface area (Å²) in [5.74, 6) is -0.772. The lowest BCUT2D eigenvalue weighted by Crippen LogP contribution is -2.50. The van der Waals surface area contributed by atoms with Crippen LogP contribution in [0.1, 0.15) is 26.2 Å². The van der Waals surface area contributed by atoms with Gasteiger partial charge < -0.3 is 20.1 Å². The molecule has 0 aliphatic carbocycles. The molecule has 1 atom stereocenters. The smallest absolute Gasteiger partial charge is 0.317 e. The van der Waals surface area contributed by atoms with Gasteiger partial charge in [0, 0.05) is 19.7 Å². The molecular weight excluding hydrogens is 236 g/mol. The SMILES string of the molecule is CC1(C(=O)O)CCN(C(=O)NC2CCOC2)CC1. The van der Waals surface area contributed by atoms with Crippen molar-refractivity contribution in [3.8, 4) is 0 Å². The van der Waals surface area contributed by atoms with E-state index in [4.69, 9.17) is 9.84 Å². The predicted octanol–water partition coefficient (Wildman–Crippen LogP) is 0.672. The molecule has 0 spiro atoms. The molecule has 1 unspecified atom stereocenters. The molecule has 2 saturated heterocycles. The molecule has 0 bridgehead atoms. The largest absolute Gasteiger partial charge is 0.481 e. The Morgan fingerprint density at radius 3 is 2.56 bits per heavy atom. The minimum Gasteiger partial charge on any atom is -0.481 e. The topological polar surface area (TPSA) is 78.9 Å². The molecule has 2 heterocycles. The van der Waals surface area contributed by atoms with Crippen LogP contribution < -0.4 is 5.32 Å². The van der Waals surface area contributed by atoms with E-state index in [1.54, 1.807) is 11.8 Å². The van der Waals surface area contributed by atoms with E-state index in [0.717, 1.165) is 6.42 Å². The molecule has 2 N–H and O–H groups in total. The minimum atomic E-state index is -0.772. The van der Waals surface area contributed by atoms with Crippen LogP contribution in [-0.2, 0) is 9.53 Å². The second kappa shape index (κ2) is 5.14. The van der Waals surface area contributed by atoms with Crippen molar-refractivity contribution in [3.63, 3.8) is 0 Å². The number of rotatable bonds is 2. The zero-order valence-corrected chi connectivity index (χ0v) is 10.6. The highest BCUT2D eigenvalue weighted by atomic mass is 16.5. The predicted molar refractivity (Wildman–Crippen MR) is 64.3 cm³/mol. The van der Waals surface area contributed by atoms with Gasteiger partial charge in [-0.2, -0.15) is 0 Å². The van der Waals surface area contributed by atoms with Crippen LogP contribution in [-0.4, -0.2) is 54.4 Å². The summed E-state index contributed by atoms with van der Waals surface area (Å²) >= 11 is 0. The molecule has 2 aliphatic heterocycles. The van der Waals surface area contributed by atoms with Gasteiger partial charge in [0.05, 0.1) is 18.1 Å². The Hall–Kier alpha value is -1.30. The van der Waals surface area contributed by atoms with Gasteiger partial charge in [-0.3, -0.25) is 4.79 Å². The third-order valence-electron chi connectivity index (χ3n) is 3.93. The van der Waals surface area contributed by atoms with E-state index in [2.05, 4.69) is 5.32 Å². The first kappa shape index (κ1) is 13.1. The number of carboxylic acid groups (broad SMARTS) is 1. The molecule has 18 heavy (non-hydrogen) atoms. The summed E-state index contributed by atoms with van der Waals surface area (Å²) in [6, 6.07) is 0.00298. The number of carbonyl (C=O) groups excluding carboxylic acids is 1. The fourth-order valence-corrected chi connectivity index (χ4v) is 2.33. The second-order valence-corrected chi connectivity index (χ2v) is 5.36. The van der Waals surface area contributed by atoms with Crippen LogP contribution in [0.3, 0.4) is 0 Å². The number of nitrogens with one attached hydrogen (secondary N) is 1. The average Bonchev–Trinajstić information content (AvgIpc) is 2.82. The van der Waals surface area contributed by atoms with Crippen molar-refractivity contribution in [3.05, 3.63) is 0 Å². The summed E-state index contributed by atoms with van der Waals surface area (Å²) in [7, 11) is 0. The molecule has 0 radical (unpaired) electrons. The van der Waals surface area contributed by atoms with Gasteiger partial charge in [-0.15, -0.1) is 0 Å². The van der Waals surface area contributed by atoms with Crippen molar-refractivity contribution in [1.82, 2.24) is 10.2 Å². The zero-order chi connectivity index (χ0) is 13.2. The van der Waals surface area contributed by atoms with Gasteiger partial charge in [0.1, 0.15) is 0 Å². The third kappa shape index (κ3) is 2.75. The Morgan fingerprint density at radius 2 is 2.06 bits per heavy atom. The molecule has 2 fully saturated rings. The van der Waals surface area contributed by atoms with E-state index in [1.807, 2.05) is 0 Å². The average molecular weight is 256 g/mol. The number of carboxylic acids is 1. The van der Waals surface area contributed by atoms with Crippen molar-refractivity contribution in [2.24, 2.45) is 5.41 Å². The Bertz CT molecular complexity index is 331. The number of aliphatic carboxylic acids is 1. The number of hydrogen-bond donors (Lipinski definition) is 2. The number of likely N-dealkylation sites (tertiary alicyclic amines) is 1. The van der Waals surface area contributed by atoms with E-state index in [1.165, 1.54) is 0 Å². The van der Waals surface area contributed by atoms with Gasteiger partial charge in [-0.25, -0.2) is 4.79 Å². The third-order valence-corrected chi connectivity index (χ3v) is 3.93. The first-order chi connectivity index (χ1) is 8.51. The lowest BCUT2D eigenvalue weighted by Gasteiger charge is -2.36. The Kier molecular flexibility index (Phi) is 3.75. The molecule has 0 aromatic heterocycles. The highest BCUT2D eigenvalue weighted by molar-refractivity contribution is 5.77. The highest BCUT2D eigenvalue weighted by Crippen LogP contribution is 2.31. The molecule has 2 aliphatic rings. The van der Waals surface area contributed by atoms with Crippen molar-refractivity contribution in [2.45, 2.75) is 32.2 Å². The van der Waals surface area contributed by atoms with Crippen LogP contribution in [0.2, 0.25) is 0 Å². The van der Waals surface area contributed by atoms with Crippen molar-refractivity contribution < 1.29 is 19.4 Å². The molecule has 6 heteroatoms. The fraction of sp³-hybridized carbons (Fsp3) is 0.833. The van der Waals surface area contributed by atoms with Crippen LogP contribution in [0.15, 0.2) is 0 Å². The maximum absolute atomic E-state index is 11.9. The number of urea groups is 1. The van der Waals surface area contributed by atoms with E-state index in [9.17, 15) is 9.59 Å². The number of nitrogens with zero attached hydrogens (tertiary/aromatic N) is 1. The fourth-order valence-electron chi connectivity index (χ4n) is 2.33. The Balaban J connectivity index is 1.81. The van der Waals surface area contributed by atoms with E-state index >= 15 is 0 Å². The number of carbonyl (C=O) groups is 2. The van der Waals surface area contributed by atoms with Crippen LogP contribution in [0.4, 0.5) is 4.79 Å². The summed E-state index contributed by atoms with van der Waals surface area (Å²) < 4.78 is 5.20. The van der Waals surface area contributed by atoms with Crippen LogP contribution in [0.5, 0.6) is 0 Å². The van der Waals surface area contributed by atoms with Gasteiger partial charge in [-0.05, 0) is 26.2 Å². The molecule has 2 amide bonds. The minimum absolute atomic E-state index is 0.0991. The van der Waals surface area contributed by atoms with E-state index < -0.39 is 11.4 Å². The number of piperidine rings is 1. The lowest BCUT2D eigenvalue weighted by molar-refractivity contribution is -0.150. The normalized spacial score (nSPS) is 26.9. The highest BCUT2D eigenvalue weighted by Gasteiger charge is 2.38. The van der Waals surface area contributed by atoms with Crippen molar-refractivity contribution in [1.29, 1.82) is 0 Å². The summed E-state index contributed by atoms with van der Waals surface area (Å²) in [4.78, 5) is 24.7. The van der Waals surface area contributed by atoms with Gasteiger partial charge in [-0.1, -0.05) is 0 Å². The molecular formula is C12H20N2O4. The first-order valence-electron chi connectivity index (χ1n) is 6.38. The number of ether oxygens (including phenoxy) is 1. The second-order valence-electron chi connectivity index (χ2n) is 5.36. The Morgan fingerprint density at radius 1 is 1.39 bits per heavy atom. The molecule has 2 rings (SSSR count). The molecule has 0 aromatic carbocycles. The van der Waals surface area contributed by atoms with Crippen LogP contribution >= 0.6 is 0 Å². The number of hydrogen-bond acceptors (Lipinski definition) is 3. The molecule has 6 nitrogen and oxygen atoms in total. The summed E-state index contributed by atoms with van der Waals surface area (Å²) in [5, 5.41) is 12.0. The van der Waals surface area contributed by atoms with E-state index in [-0.39, 0.29) is 12.1 Å². The summed E-state index contributed by atoms with van der Waals surface area (Å²) in [6.45, 7) is 4.02. The van der Waals surface area contributed by atoms with E-state index in [0.29, 0.717) is 39.1 Å². The Labute approximate surface area is 106 Å².